The topological polar surface area (TPSA) is 103 Å². The van der Waals surface area contributed by atoms with Gasteiger partial charge < -0.3 is 20.0 Å². The Labute approximate surface area is 182 Å². The summed E-state index contributed by atoms with van der Waals surface area (Å²) in [5, 5.41) is 7.20. The molecule has 3 N–H and O–H groups in total. The van der Waals surface area contributed by atoms with E-state index in [9.17, 15) is 9.59 Å². The normalized spacial score (nSPS) is 16.6. The number of halogens is 1. The Morgan fingerprint density at radius 1 is 1.28 bits per heavy atom. The lowest BCUT2D eigenvalue weighted by Crippen LogP contribution is -2.26. The standard InChI is InChI=1S/C23H22FN5O3/c1-25-22(30)18-5-3-14(10-26-18)27-15-6-8-29(12-15)11-13-2-4-16-17-7-9-32-21(17)23(31)28-20(16)19(13)24/h2-5,7,9-10,15,27H,6,8,11-12H2,1H3,(H,25,30)(H,28,31)/t15-/m1/s1. The van der Waals surface area contributed by atoms with E-state index in [0.717, 1.165) is 25.2 Å². The van der Waals surface area contributed by atoms with E-state index in [4.69, 9.17) is 4.42 Å². The number of pyridine rings is 2. The zero-order valence-corrected chi connectivity index (χ0v) is 17.4. The van der Waals surface area contributed by atoms with Crippen molar-refractivity contribution in [2.45, 2.75) is 19.0 Å². The number of amides is 1. The second kappa shape index (κ2) is 8.08. The van der Waals surface area contributed by atoms with Gasteiger partial charge in [-0.25, -0.2) is 9.37 Å². The van der Waals surface area contributed by atoms with Crippen LogP contribution < -0.4 is 16.2 Å². The summed E-state index contributed by atoms with van der Waals surface area (Å²) < 4.78 is 20.4. The first kappa shape index (κ1) is 20.2. The fourth-order valence-electron chi connectivity index (χ4n) is 4.27. The number of hydrogen-bond donors (Lipinski definition) is 3. The summed E-state index contributed by atoms with van der Waals surface area (Å²) in [6, 6.07) is 8.97. The molecule has 32 heavy (non-hydrogen) atoms. The van der Waals surface area contributed by atoms with E-state index in [2.05, 4.69) is 25.5 Å². The van der Waals surface area contributed by atoms with Crippen molar-refractivity contribution in [1.29, 1.82) is 0 Å². The number of nitrogens with one attached hydrogen (secondary N) is 3. The van der Waals surface area contributed by atoms with Crippen LogP contribution in [0.25, 0.3) is 21.9 Å². The quantitative estimate of drug-likeness (QED) is 0.446. The van der Waals surface area contributed by atoms with E-state index >= 15 is 4.39 Å². The minimum Gasteiger partial charge on any atom is -0.459 e. The summed E-state index contributed by atoms with van der Waals surface area (Å²) in [5.74, 6) is -0.635. The molecule has 1 aliphatic rings. The first-order valence-electron chi connectivity index (χ1n) is 10.4. The van der Waals surface area contributed by atoms with Crippen molar-refractivity contribution < 1.29 is 13.6 Å². The molecule has 0 radical (unpaired) electrons. The van der Waals surface area contributed by atoms with Crippen LogP contribution in [-0.2, 0) is 6.54 Å². The van der Waals surface area contributed by atoms with Gasteiger partial charge >= 0.3 is 0 Å². The van der Waals surface area contributed by atoms with Crippen molar-refractivity contribution in [3.63, 3.8) is 0 Å². The highest BCUT2D eigenvalue weighted by Gasteiger charge is 2.24. The van der Waals surface area contributed by atoms with Gasteiger partial charge in [-0.1, -0.05) is 12.1 Å². The Bertz CT molecular complexity index is 1360. The lowest BCUT2D eigenvalue weighted by molar-refractivity contribution is 0.0958. The van der Waals surface area contributed by atoms with Crippen molar-refractivity contribution in [2.75, 3.05) is 25.5 Å². The molecule has 1 aromatic carbocycles. The number of anilines is 1. The fraction of sp³-hybridized carbons (Fsp3) is 0.261. The SMILES string of the molecule is CNC(=O)c1ccc(N[C@@H]2CCN(Cc3ccc4c([nH]c(=O)c5occc54)c3F)C2)cn1. The van der Waals surface area contributed by atoms with Crippen LogP contribution in [0, 0.1) is 5.82 Å². The number of nitrogens with zero attached hydrogens (tertiary/aromatic N) is 2. The van der Waals surface area contributed by atoms with Crippen LogP contribution in [-0.4, -0.2) is 47.0 Å². The molecule has 4 aromatic rings. The molecule has 1 amide bonds. The first-order chi connectivity index (χ1) is 15.5. The number of likely N-dealkylation sites (tertiary alicyclic amines) is 1. The zero-order valence-electron chi connectivity index (χ0n) is 17.4. The monoisotopic (exact) mass is 435 g/mol. The highest BCUT2D eigenvalue weighted by molar-refractivity contribution is 6.03. The Morgan fingerprint density at radius 2 is 2.16 bits per heavy atom. The van der Waals surface area contributed by atoms with Crippen molar-refractivity contribution >= 4 is 33.5 Å². The minimum absolute atomic E-state index is 0.191. The first-order valence-corrected chi connectivity index (χ1v) is 10.4. The van der Waals surface area contributed by atoms with Gasteiger partial charge in [0.05, 0.1) is 23.7 Å². The lowest BCUT2D eigenvalue weighted by atomic mass is 10.1. The van der Waals surface area contributed by atoms with E-state index in [1.807, 2.05) is 12.1 Å². The van der Waals surface area contributed by atoms with E-state index in [1.165, 1.54) is 6.26 Å². The van der Waals surface area contributed by atoms with Crippen molar-refractivity contribution in [3.05, 3.63) is 70.2 Å². The molecular weight excluding hydrogens is 413 g/mol. The molecule has 1 fully saturated rings. The van der Waals surface area contributed by atoms with Crippen LogP contribution in [0.15, 0.2) is 52.0 Å². The number of aromatic amines is 1. The van der Waals surface area contributed by atoms with E-state index < -0.39 is 11.4 Å². The van der Waals surface area contributed by atoms with Gasteiger partial charge in [0.1, 0.15) is 5.69 Å². The molecule has 1 aliphatic heterocycles. The van der Waals surface area contributed by atoms with E-state index in [1.54, 1.807) is 31.4 Å². The lowest BCUT2D eigenvalue weighted by Gasteiger charge is -2.18. The molecule has 5 rings (SSSR count). The number of H-pyrrole nitrogens is 1. The molecule has 9 heteroatoms. The van der Waals surface area contributed by atoms with Crippen LogP contribution in [0.5, 0.6) is 0 Å². The van der Waals surface area contributed by atoms with Gasteiger partial charge in [0.15, 0.2) is 11.4 Å². The van der Waals surface area contributed by atoms with Crippen molar-refractivity contribution in [2.24, 2.45) is 0 Å². The third-order valence-electron chi connectivity index (χ3n) is 5.88. The van der Waals surface area contributed by atoms with Crippen LogP contribution in [0.2, 0.25) is 0 Å². The van der Waals surface area contributed by atoms with Gasteiger partial charge in [0, 0.05) is 49.1 Å². The van der Waals surface area contributed by atoms with Gasteiger partial charge in [-0.3, -0.25) is 14.5 Å². The van der Waals surface area contributed by atoms with Crippen LogP contribution >= 0.6 is 0 Å². The second-order valence-corrected chi connectivity index (χ2v) is 7.96. The molecule has 1 atom stereocenters. The average Bonchev–Trinajstić information content (AvgIpc) is 3.46. The number of benzene rings is 1. The number of carbonyl (C=O) groups excluding carboxylic acids is 1. The average molecular weight is 435 g/mol. The summed E-state index contributed by atoms with van der Waals surface area (Å²) >= 11 is 0. The molecule has 0 saturated carbocycles. The molecule has 0 aliphatic carbocycles. The Kier molecular flexibility index (Phi) is 5.10. The molecule has 164 valence electrons. The molecule has 0 unspecified atom stereocenters. The summed E-state index contributed by atoms with van der Waals surface area (Å²) in [4.78, 5) is 32.8. The van der Waals surface area contributed by atoms with Crippen LogP contribution in [0.4, 0.5) is 10.1 Å². The molecule has 0 bridgehead atoms. The number of carbonyl (C=O) groups is 1. The Morgan fingerprint density at radius 3 is 2.94 bits per heavy atom. The molecule has 1 saturated heterocycles. The summed E-state index contributed by atoms with van der Waals surface area (Å²) in [6.45, 7) is 2.00. The number of furan rings is 1. The maximum atomic E-state index is 15.2. The zero-order chi connectivity index (χ0) is 22.2. The molecule has 3 aromatic heterocycles. The largest absolute Gasteiger partial charge is 0.459 e. The molecular formula is C23H22FN5O3. The van der Waals surface area contributed by atoms with Gasteiger partial charge in [-0.15, -0.1) is 0 Å². The van der Waals surface area contributed by atoms with Gasteiger partial charge in [0.2, 0.25) is 0 Å². The Hall–Kier alpha value is -3.72. The van der Waals surface area contributed by atoms with Crippen molar-refractivity contribution in [3.8, 4) is 0 Å². The fourth-order valence-corrected chi connectivity index (χ4v) is 4.27. The van der Waals surface area contributed by atoms with E-state index in [0.29, 0.717) is 28.6 Å². The van der Waals surface area contributed by atoms with Gasteiger partial charge in [0.25, 0.3) is 11.5 Å². The third-order valence-corrected chi connectivity index (χ3v) is 5.88. The summed E-state index contributed by atoms with van der Waals surface area (Å²) in [7, 11) is 1.57. The second-order valence-electron chi connectivity index (χ2n) is 7.96. The van der Waals surface area contributed by atoms with E-state index in [-0.39, 0.29) is 23.0 Å². The number of aromatic nitrogens is 2. The molecule has 4 heterocycles. The number of rotatable bonds is 5. The maximum absolute atomic E-state index is 15.2. The van der Waals surface area contributed by atoms with Gasteiger partial charge in [-0.05, 0) is 24.6 Å². The molecule has 0 spiro atoms. The smallest absolute Gasteiger partial charge is 0.292 e. The van der Waals surface area contributed by atoms with Crippen LogP contribution in [0.1, 0.15) is 22.5 Å². The number of hydrogen-bond acceptors (Lipinski definition) is 6. The third kappa shape index (κ3) is 3.60. The Balaban J connectivity index is 1.29. The van der Waals surface area contributed by atoms with Gasteiger partial charge in [-0.2, -0.15) is 0 Å². The summed E-state index contributed by atoms with van der Waals surface area (Å²) in [5.41, 5.74) is 1.71. The predicted octanol–water partition coefficient (Wildman–Crippen LogP) is 2.85. The predicted molar refractivity (Wildman–Crippen MR) is 119 cm³/mol. The minimum atomic E-state index is -0.435. The van der Waals surface area contributed by atoms with Crippen LogP contribution in [0.3, 0.4) is 0 Å². The number of fused-ring (bicyclic) bond motifs is 3. The van der Waals surface area contributed by atoms with Crippen molar-refractivity contribution in [1.82, 2.24) is 20.2 Å². The molecule has 8 nitrogen and oxygen atoms in total. The maximum Gasteiger partial charge on any atom is 0.292 e. The highest BCUT2D eigenvalue weighted by atomic mass is 19.1. The highest BCUT2D eigenvalue weighted by Crippen LogP contribution is 2.27. The summed E-state index contributed by atoms with van der Waals surface area (Å²) in [6.07, 6.45) is 3.98.